The number of ether oxygens (including phenoxy) is 2. The lowest BCUT2D eigenvalue weighted by Gasteiger charge is -2.28. The largest absolute Gasteiger partial charge is 0.493 e. The normalized spacial score (nSPS) is 14.3. The number of halogens is 1. The van der Waals surface area contributed by atoms with Crippen LogP contribution >= 0.6 is 11.6 Å². The average molecular weight is 350 g/mol. The van der Waals surface area contributed by atoms with Gasteiger partial charge in [0.15, 0.2) is 11.5 Å². The molecule has 1 aromatic heterocycles. The maximum absolute atomic E-state index is 12.0. The van der Waals surface area contributed by atoms with E-state index >= 15 is 0 Å². The number of benzene rings is 1. The lowest BCUT2D eigenvalue weighted by atomic mass is 10.1. The standard InChI is InChI=1S/C17H20ClN3O3/c1-10-19-13-9-21(7-6-12(13)17(22)20-10)8-11-4-5-14(23-2)16(24-3)15(11)18/h4-5H,6-9H2,1-3H3,(H,19,20,22). The second-order valence-electron chi connectivity index (χ2n) is 5.81. The van der Waals surface area contributed by atoms with Gasteiger partial charge in [-0.1, -0.05) is 17.7 Å². The molecule has 2 heterocycles. The molecule has 0 unspecified atom stereocenters. The molecule has 1 aliphatic heterocycles. The van der Waals surface area contributed by atoms with Crippen molar-refractivity contribution in [1.82, 2.24) is 14.9 Å². The van der Waals surface area contributed by atoms with Crippen molar-refractivity contribution in [3.63, 3.8) is 0 Å². The fraction of sp³-hybridized carbons (Fsp3) is 0.412. The molecule has 7 heteroatoms. The second kappa shape index (κ2) is 6.83. The number of fused-ring (bicyclic) bond motifs is 1. The first-order valence-electron chi connectivity index (χ1n) is 7.74. The third kappa shape index (κ3) is 3.12. The first-order valence-corrected chi connectivity index (χ1v) is 8.11. The Hall–Kier alpha value is -2.05. The zero-order valence-electron chi connectivity index (χ0n) is 14.0. The number of nitrogens with one attached hydrogen (secondary N) is 1. The summed E-state index contributed by atoms with van der Waals surface area (Å²) in [5.41, 5.74) is 2.56. The van der Waals surface area contributed by atoms with E-state index in [-0.39, 0.29) is 5.56 Å². The molecule has 128 valence electrons. The molecule has 6 nitrogen and oxygen atoms in total. The van der Waals surface area contributed by atoms with Crippen LogP contribution in [0.4, 0.5) is 0 Å². The Morgan fingerprint density at radius 1 is 1.33 bits per heavy atom. The van der Waals surface area contributed by atoms with Crippen molar-refractivity contribution in [2.45, 2.75) is 26.4 Å². The number of hydrogen-bond acceptors (Lipinski definition) is 5. The molecule has 0 fully saturated rings. The summed E-state index contributed by atoms with van der Waals surface area (Å²) in [5.74, 6) is 1.79. The molecule has 1 aliphatic rings. The molecule has 0 radical (unpaired) electrons. The van der Waals surface area contributed by atoms with Gasteiger partial charge in [-0.3, -0.25) is 9.69 Å². The predicted molar refractivity (Wildman–Crippen MR) is 92.0 cm³/mol. The Morgan fingerprint density at radius 3 is 2.83 bits per heavy atom. The van der Waals surface area contributed by atoms with E-state index in [9.17, 15) is 4.79 Å². The Kier molecular flexibility index (Phi) is 4.78. The molecule has 24 heavy (non-hydrogen) atoms. The van der Waals surface area contributed by atoms with Crippen molar-refractivity contribution in [3.8, 4) is 11.5 Å². The molecule has 2 aromatic rings. The molecule has 0 spiro atoms. The summed E-state index contributed by atoms with van der Waals surface area (Å²) >= 11 is 6.46. The Labute approximate surface area is 145 Å². The van der Waals surface area contributed by atoms with Crippen LogP contribution in [0.5, 0.6) is 11.5 Å². The summed E-state index contributed by atoms with van der Waals surface area (Å²) in [7, 11) is 3.16. The molecule has 0 amide bonds. The summed E-state index contributed by atoms with van der Waals surface area (Å²) in [6, 6.07) is 3.79. The lowest BCUT2D eigenvalue weighted by molar-refractivity contribution is 0.239. The summed E-state index contributed by atoms with van der Waals surface area (Å²) < 4.78 is 10.6. The fourth-order valence-corrected chi connectivity index (χ4v) is 3.34. The number of rotatable bonds is 4. The molecular formula is C17H20ClN3O3. The molecule has 0 bridgehead atoms. The number of nitrogens with zero attached hydrogens (tertiary/aromatic N) is 2. The minimum atomic E-state index is -0.0266. The Balaban J connectivity index is 1.84. The van der Waals surface area contributed by atoms with E-state index in [2.05, 4.69) is 14.9 Å². The molecule has 1 N–H and O–H groups in total. The molecule has 3 rings (SSSR count). The van der Waals surface area contributed by atoms with Crippen molar-refractivity contribution >= 4 is 11.6 Å². The van der Waals surface area contributed by atoms with Crippen LogP contribution in [0.1, 0.15) is 22.6 Å². The highest BCUT2D eigenvalue weighted by molar-refractivity contribution is 6.33. The summed E-state index contributed by atoms with van der Waals surface area (Å²) in [6.07, 6.45) is 0.683. The second-order valence-corrected chi connectivity index (χ2v) is 6.19. The van der Waals surface area contributed by atoms with Gasteiger partial charge < -0.3 is 14.5 Å². The Bertz CT molecular complexity index is 819. The van der Waals surface area contributed by atoms with Crippen molar-refractivity contribution in [1.29, 1.82) is 0 Å². The topological polar surface area (TPSA) is 67.5 Å². The van der Waals surface area contributed by atoms with E-state index in [1.165, 1.54) is 0 Å². The highest BCUT2D eigenvalue weighted by atomic mass is 35.5. The maximum Gasteiger partial charge on any atom is 0.254 e. The summed E-state index contributed by atoms with van der Waals surface area (Å²) in [4.78, 5) is 21.5. The van der Waals surface area contributed by atoms with Gasteiger partial charge in [0.05, 0.1) is 24.9 Å². The molecule has 0 saturated heterocycles. The lowest BCUT2D eigenvalue weighted by Crippen LogP contribution is -2.35. The highest BCUT2D eigenvalue weighted by Crippen LogP contribution is 2.38. The minimum absolute atomic E-state index is 0.0266. The third-order valence-corrected chi connectivity index (χ3v) is 4.64. The van der Waals surface area contributed by atoms with Crippen LogP contribution in [0.3, 0.4) is 0 Å². The molecule has 0 aliphatic carbocycles. The quantitative estimate of drug-likeness (QED) is 0.917. The zero-order chi connectivity index (χ0) is 17.3. The Morgan fingerprint density at radius 2 is 2.12 bits per heavy atom. The van der Waals surface area contributed by atoms with Gasteiger partial charge in [-0.25, -0.2) is 4.98 Å². The van der Waals surface area contributed by atoms with Gasteiger partial charge in [-0.2, -0.15) is 0 Å². The van der Waals surface area contributed by atoms with E-state index in [0.717, 1.165) is 23.4 Å². The van der Waals surface area contributed by atoms with Gasteiger partial charge in [0.2, 0.25) is 0 Å². The number of aryl methyl sites for hydroxylation is 1. The van der Waals surface area contributed by atoms with E-state index < -0.39 is 0 Å². The van der Waals surface area contributed by atoms with Crippen LogP contribution in [0.15, 0.2) is 16.9 Å². The van der Waals surface area contributed by atoms with Crippen molar-refractivity contribution in [2.75, 3.05) is 20.8 Å². The predicted octanol–water partition coefficient (Wildman–Crippen LogP) is 2.31. The number of aromatic nitrogens is 2. The molecular weight excluding hydrogens is 330 g/mol. The van der Waals surface area contributed by atoms with E-state index in [4.69, 9.17) is 21.1 Å². The highest BCUT2D eigenvalue weighted by Gasteiger charge is 2.22. The summed E-state index contributed by atoms with van der Waals surface area (Å²) in [5, 5.41) is 0.553. The van der Waals surface area contributed by atoms with Gasteiger partial charge >= 0.3 is 0 Å². The number of H-pyrrole nitrogens is 1. The average Bonchev–Trinajstić information content (AvgIpc) is 2.56. The van der Waals surface area contributed by atoms with E-state index in [1.54, 1.807) is 21.1 Å². The minimum Gasteiger partial charge on any atom is -0.493 e. The maximum atomic E-state index is 12.0. The fourth-order valence-electron chi connectivity index (χ4n) is 3.05. The van der Waals surface area contributed by atoms with Crippen LogP contribution in [-0.2, 0) is 19.5 Å². The van der Waals surface area contributed by atoms with Gasteiger partial charge in [-0.15, -0.1) is 0 Å². The van der Waals surface area contributed by atoms with Crippen LogP contribution in [0.25, 0.3) is 0 Å². The van der Waals surface area contributed by atoms with E-state index in [1.807, 2.05) is 12.1 Å². The smallest absolute Gasteiger partial charge is 0.254 e. The number of aromatic amines is 1. The third-order valence-electron chi connectivity index (χ3n) is 4.23. The van der Waals surface area contributed by atoms with Gasteiger partial charge in [-0.05, 0) is 25.0 Å². The van der Waals surface area contributed by atoms with Gasteiger partial charge in [0.1, 0.15) is 5.82 Å². The molecule has 0 saturated carbocycles. The van der Waals surface area contributed by atoms with Crippen LogP contribution in [0, 0.1) is 6.92 Å². The van der Waals surface area contributed by atoms with E-state index in [0.29, 0.717) is 41.9 Å². The molecule has 0 atom stereocenters. The van der Waals surface area contributed by atoms with Crippen LogP contribution in [0.2, 0.25) is 5.02 Å². The number of hydrogen-bond donors (Lipinski definition) is 1. The SMILES string of the molecule is COc1ccc(CN2CCc3c(nc(C)[nH]c3=O)C2)c(Cl)c1OC. The van der Waals surface area contributed by atoms with Crippen LogP contribution in [-0.4, -0.2) is 35.6 Å². The van der Waals surface area contributed by atoms with Crippen LogP contribution < -0.4 is 15.0 Å². The molecule has 1 aromatic carbocycles. The van der Waals surface area contributed by atoms with Crippen molar-refractivity contribution < 1.29 is 9.47 Å². The number of methoxy groups -OCH3 is 2. The van der Waals surface area contributed by atoms with Gasteiger partial charge in [0, 0.05) is 25.2 Å². The zero-order valence-corrected chi connectivity index (χ0v) is 14.7. The van der Waals surface area contributed by atoms with Crippen molar-refractivity contribution in [2.24, 2.45) is 0 Å². The first-order chi connectivity index (χ1) is 11.5. The monoisotopic (exact) mass is 349 g/mol. The van der Waals surface area contributed by atoms with Gasteiger partial charge in [0.25, 0.3) is 5.56 Å². The first kappa shape index (κ1) is 16.8. The summed E-state index contributed by atoms with van der Waals surface area (Å²) in [6.45, 7) is 3.87. The van der Waals surface area contributed by atoms with Crippen molar-refractivity contribution in [3.05, 3.63) is 50.2 Å².